The number of aryl methyl sites for hydroxylation is 2. The Hall–Kier alpha value is -3.09. The van der Waals surface area contributed by atoms with Crippen LogP contribution in [0.15, 0.2) is 53.0 Å². The van der Waals surface area contributed by atoms with Crippen molar-refractivity contribution in [1.29, 1.82) is 0 Å². The maximum absolute atomic E-state index is 12.6. The van der Waals surface area contributed by atoms with Gasteiger partial charge in [-0.3, -0.25) is 4.99 Å². The van der Waals surface area contributed by atoms with Crippen LogP contribution in [-0.2, 0) is 15.7 Å². The van der Waals surface area contributed by atoms with Crippen molar-refractivity contribution < 1.29 is 27.8 Å². The molecule has 0 aliphatic carbocycles. The number of carbonyl (C=O) groups excluding carboxylic acids is 1. The van der Waals surface area contributed by atoms with Crippen LogP contribution in [0.2, 0.25) is 0 Å². The highest BCUT2D eigenvalue weighted by atomic mass is 19.4. The van der Waals surface area contributed by atoms with E-state index in [9.17, 15) is 23.1 Å². The quantitative estimate of drug-likeness (QED) is 0.346. The molecule has 7 heteroatoms. The molecule has 0 aliphatic heterocycles. The first-order valence-corrected chi connectivity index (χ1v) is 7.94. The molecule has 2 rings (SSSR count). The first kappa shape index (κ1) is 20.2. The summed E-state index contributed by atoms with van der Waals surface area (Å²) < 4.78 is 42.5. The Kier molecular flexibility index (Phi) is 6.05. The molecule has 0 aromatic heterocycles. The second kappa shape index (κ2) is 8.07. The molecule has 0 saturated heterocycles. The molecule has 2 aromatic rings. The molecule has 2 aromatic carbocycles. The number of aliphatic imine (C=N–C) groups is 1. The van der Waals surface area contributed by atoms with Crippen LogP contribution in [0.5, 0.6) is 0 Å². The van der Waals surface area contributed by atoms with Gasteiger partial charge in [-0.05, 0) is 55.3 Å². The lowest BCUT2D eigenvalue weighted by Crippen LogP contribution is -2.09. The second-order valence-corrected chi connectivity index (χ2v) is 5.86. The summed E-state index contributed by atoms with van der Waals surface area (Å²) in [5.74, 6) is -1.15. The lowest BCUT2D eigenvalue weighted by molar-refractivity contribution is -0.137. The largest absolute Gasteiger partial charge is 0.506 e. The molecule has 0 amide bonds. The highest BCUT2D eigenvalue weighted by molar-refractivity contribution is 6.15. The Morgan fingerprint density at radius 3 is 2.22 bits per heavy atom. The van der Waals surface area contributed by atoms with E-state index in [0.717, 1.165) is 36.6 Å². The van der Waals surface area contributed by atoms with Crippen LogP contribution in [0.25, 0.3) is 5.76 Å². The number of hydrogen-bond donors (Lipinski definition) is 1. The van der Waals surface area contributed by atoms with E-state index in [0.29, 0.717) is 5.56 Å². The van der Waals surface area contributed by atoms with E-state index in [1.54, 1.807) is 18.2 Å². The van der Waals surface area contributed by atoms with E-state index in [2.05, 4.69) is 9.73 Å². The summed E-state index contributed by atoms with van der Waals surface area (Å²) in [6.45, 7) is 3.77. The van der Waals surface area contributed by atoms with Gasteiger partial charge in [-0.1, -0.05) is 12.1 Å². The molecule has 27 heavy (non-hydrogen) atoms. The fraction of sp³-hybridized carbons (Fsp3) is 0.200. The van der Waals surface area contributed by atoms with Crippen LogP contribution >= 0.6 is 0 Å². The lowest BCUT2D eigenvalue weighted by atomic mass is 10.0. The molecule has 4 nitrogen and oxygen atoms in total. The van der Waals surface area contributed by atoms with Gasteiger partial charge in [0.25, 0.3) is 0 Å². The third-order valence-electron chi connectivity index (χ3n) is 3.98. The molecule has 0 bridgehead atoms. The van der Waals surface area contributed by atoms with Crippen LogP contribution in [0.3, 0.4) is 0 Å². The summed E-state index contributed by atoms with van der Waals surface area (Å²) in [7, 11) is 1.15. The number of hydrogen-bond acceptors (Lipinski definition) is 4. The minimum atomic E-state index is -4.44. The van der Waals surface area contributed by atoms with Gasteiger partial charge in [0.1, 0.15) is 11.3 Å². The molecular weight excluding hydrogens is 359 g/mol. The van der Waals surface area contributed by atoms with Crippen LogP contribution in [0, 0.1) is 13.8 Å². The number of nitrogens with zero attached hydrogens (tertiary/aromatic N) is 1. The Balaban J connectivity index is 2.40. The van der Waals surface area contributed by atoms with Crippen molar-refractivity contribution in [3.8, 4) is 0 Å². The first-order valence-electron chi connectivity index (χ1n) is 7.94. The van der Waals surface area contributed by atoms with E-state index in [-0.39, 0.29) is 17.0 Å². The molecular formula is C20H18F3NO3. The summed E-state index contributed by atoms with van der Waals surface area (Å²) in [4.78, 5) is 16.0. The third-order valence-corrected chi connectivity index (χ3v) is 3.98. The van der Waals surface area contributed by atoms with Crippen molar-refractivity contribution in [1.82, 2.24) is 0 Å². The van der Waals surface area contributed by atoms with Crippen LogP contribution in [0.1, 0.15) is 22.3 Å². The Morgan fingerprint density at radius 1 is 1.07 bits per heavy atom. The lowest BCUT2D eigenvalue weighted by Gasteiger charge is -2.08. The van der Waals surface area contributed by atoms with Crippen molar-refractivity contribution >= 4 is 23.6 Å². The van der Waals surface area contributed by atoms with Gasteiger partial charge in [0.05, 0.1) is 18.4 Å². The van der Waals surface area contributed by atoms with E-state index in [4.69, 9.17) is 0 Å². The van der Waals surface area contributed by atoms with Crippen molar-refractivity contribution in [3.63, 3.8) is 0 Å². The monoisotopic (exact) mass is 377 g/mol. The van der Waals surface area contributed by atoms with E-state index in [1.165, 1.54) is 12.1 Å². The first-order chi connectivity index (χ1) is 12.6. The number of carbonyl (C=O) groups is 1. The SMILES string of the molecule is COC(=O)/C(C=Nc1ccc(C(F)(F)F)cc1)=C(\O)c1ccc(C)c(C)c1. The zero-order valence-electron chi connectivity index (χ0n) is 15.0. The van der Waals surface area contributed by atoms with Gasteiger partial charge < -0.3 is 9.84 Å². The molecule has 0 spiro atoms. The van der Waals surface area contributed by atoms with Gasteiger partial charge >= 0.3 is 12.1 Å². The van der Waals surface area contributed by atoms with Gasteiger partial charge in [0, 0.05) is 11.8 Å². The maximum atomic E-state index is 12.6. The topological polar surface area (TPSA) is 58.9 Å². The van der Waals surface area contributed by atoms with Crippen LogP contribution in [0.4, 0.5) is 18.9 Å². The average molecular weight is 377 g/mol. The molecule has 1 N–H and O–H groups in total. The molecule has 0 unspecified atom stereocenters. The summed E-state index contributed by atoms with van der Waals surface area (Å²) in [6.07, 6.45) is -3.38. The fourth-order valence-electron chi connectivity index (χ4n) is 2.24. The van der Waals surface area contributed by atoms with Gasteiger partial charge in [-0.2, -0.15) is 13.2 Å². The summed E-state index contributed by atoms with van der Waals surface area (Å²) in [5, 5.41) is 10.5. The average Bonchev–Trinajstić information content (AvgIpc) is 2.63. The molecule has 0 atom stereocenters. The molecule has 0 radical (unpaired) electrons. The Bertz CT molecular complexity index is 898. The number of aliphatic hydroxyl groups excluding tert-OH is 1. The normalized spacial score (nSPS) is 12.8. The minimum absolute atomic E-state index is 0.192. The number of alkyl halides is 3. The predicted octanol–water partition coefficient (Wildman–Crippen LogP) is 5.17. The fourth-order valence-corrected chi connectivity index (χ4v) is 2.24. The van der Waals surface area contributed by atoms with Gasteiger partial charge in [0.15, 0.2) is 0 Å². The highest BCUT2D eigenvalue weighted by Crippen LogP contribution is 2.30. The highest BCUT2D eigenvalue weighted by Gasteiger charge is 2.29. The number of rotatable bonds is 4. The third kappa shape index (κ3) is 4.97. The summed E-state index contributed by atoms with van der Waals surface area (Å²) in [6, 6.07) is 9.26. The number of esters is 1. The number of ether oxygens (including phenoxy) is 1. The van der Waals surface area contributed by atoms with Crippen molar-refractivity contribution in [2.75, 3.05) is 7.11 Å². The number of benzene rings is 2. The van der Waals surface area contributed by atoms with Gasteiger partial charge in [0.2, 0.25) is 0 Å². The molecule has 0 heterocycles. The van der Waals surface area contributed by atoms with E-state index >= 15 is 0 Å². The summed E-state index contributed by atoms with van der Waals surface area (Å²) >= 11 is 0. The zero-order chi connectivity index (χ0) is 20.2. The van der Waals surface area contributed by atoms with Gasteiger partial charge in [-0.15, -0.1) is 0 Å². The number of halogens is 3. The smallest absolute Gasteiger partial charge is 0.416 e. The number of aliphatic hydroxyl groups is 1. The second-order valence-electron chi connectivity index (χ2n) is 5.86. The maximum Gasteiger partial charge on any atom is 0.416 e. The molecule has 0 aliphatic rings. The summed E-state index contributed by atoms with van der Waals surface area (Å²) in [5.41, 5.74) is 1.52. The Morgan fingerprint density at radius 2 is 1.70 bits per heavy atom. The van der Waals surface area contributed by atoms with Crippen molar-refractivity contribution in [2.24, 2.45) is 4.99 Å². The Labute approximate surface area is 154 Å². The van der Waals surface area contributed by atoms with Crippen LogP contribution < -0.4 is 0 Å². The predicted molar refractivity (Wildman–Crippen MR) is 97.1 cm³/mol. The van der Waals surface area contributed by atoms with Crippen LogP contribution in [-0.4, -0.2) is 24.4 Å². The molecule has 142 valence electrons. The molecule has 0 saturated carbocycles. The van der Waals surface area contributed by atoms with Crippen molar-refractivity contribution in [3.05, 3.63) is 70.3 Å². The van der Waals surface area contributed by atoms with E-state index in [1.807, 2.05) is 13.8 Å². The van der Waals surface area contributed by atoms with Gasteiger partial charge in [-0.25, -0.2) is 4.79 Å². The standard InChI is InChI=1S/C20H18F3NO3/c1-12-4-5-14(10-13(12)2)18(25)17(19(26)27-3)11-24-16-8-6-15(7-9-16)20(21,22)23/h4-11,25H,1-3H3/b18-17-,24-11?. The molecule has 0 fully saturated rings. The minimum Gasteiger partial charge on any atom is -0.506 e. The number of methoxy groups -OCH3 is 1. The van der Waals surface area contributed by atoms with E-state index < -0.39 is 17.7 Å². The zero-order valence-corrected chi connectivity index (χ0v) is 15.0. The van der Waals surface area contributed by atoms with Crippen molar-refractivity contribution in [2.45, 2.75) is 20.0 Å².